The summed E-state index contributed by atoms with van der Waals surface area (Å²) in [4.78, 5) is 30.0. The molecular formula is C26H35N5O3. The number of hydrogen-bond acceptors (Lipinski definition) is 5. The maximum absolute atomic E-state index is 13.6. The van der Waals surface area contributed by atoms with E-state index in [1.165, 1.54) is 5.69 Å². The zero-order valence-electron chi connectivity index (χ0n) is 20.0. The van der Waals surface area contributed by atoms with Crippen LogP contribution in [0.3, 0.4) is 0 Å². The zero-order valence-corrected chi connectivity index (χ0v) is 20.0. The summed E-state index contributed by atoms with van der Waals surface area (Å²) < 4.78 is 7.48. The number of nitrogens with two attached hydrogens (primary N) is 1. The Bertz CT molecular complexity index is 1110. The first-order valence-corrected chi connectivity index (χ1v) is 12.7. The minimum Gasteiger partial charge on any atom is -0.464 e. The third-order valence-corrected chi connectivity index (χ3v) is 7.90. The molecule has 0 saturated carbocycles. The third-order valence-electron chi connectivity index (χ3n) is 7.90. The first kappa shape index (κ1) is 22.9. The predicted molar refractivity (Wildman–Crippen MR) is 131 cm³/mol. The van der Waals surface area contributed by atoms with Crippen LogP contribution < -0.4 is 5.73 Å². The molecular weight excluding hydrogens is 430 g/mol. The number of nitrogen functional groups attached to an aromatic ring is 1. The first-order valence-electron chi connectivity index (χ1n) is 12.7. The summed E-state index contributed by atoms with van der Waals surface area (Å²) in [7, 11) is 0. The van der Waals surface area contributed by atoms with Gasteiger partial charge in [-0.05, 0) is 69.5 Å². The van der Waals surface area contributed by atoms with Crippen molar-refractivity contribution in [2.24, 2.45) is 5.73 Å². The Morgan fingerprint density at radius 3 is 2.74 bits per heavy atom. The maximum atomic E-state index is 13.6. The fraction of sp³-hybridized carbons (Fsp3) is 0.577. The van der Waals surface area contributed by atoms with Gasteiger partial charge in [0.15, 0.2) is 0 Å². The second-order valence-corrected chi connectivity index (χ2v) is 9.80. The SMILES string of the molecule is CCn1c(CCC2CCCN2C(=O)[C@@H]2CCCN2[C@@H]2CCOC2=O)cc2ccc(C(=N)N)cc21. The number of cyclic esters (lactones) is 1. The maximum Gasteiger partial charge on any atom is 0.323 e. The molecule has 8 nitrogen and oxygen atoms in total. The number of ether oxygens (including phenoxy) is 1. The van der Waals surface area contributed by atoms with Crippen LogP contribution in [-0.4, -0.2) is 69.9 Å². The van der Waals surface area contributed by atoms with Gasteiger partial charge in [0, 0.05) is 42.3 Å². The van der Waals surface area contributed by atoms with Crippen molar-refractivity contribution in [3.8, 4) is 0 Å². The molecule has 8 heteroatoms. The van der Waals surface area contributed by atoms with Crippen molar-refractivity contribution in [2.75, 3.05) is 19.7 Å². The highest BCUT2D eigenvalue weighted by Gasteiger charge is 2.44. The predicted octanol–water partition coefficient (Wildman–Crippen LogP) is 2.65. The first-order chi connectivity index (χ1) is 16.5. The van der Waals surface area contributed by atoms with Gasteiger partial charge in [0.05, 0.1) is 12.6 Å². The van der Waals surface area contributed by atoms with Crippen LogP contribution in [0.15, 0.2) is 24.3 Å². The van der Waals surface area contributed by atoms with Crippen molar-refractivity contribution in [1.82, 2.24) is 14.4 Å². The molecule has 5 rings (SSSR count). The summed E-state index contributed by atoms with van der Waals surface area (Å²) in [6, 6.07) is 7.96. The molecule has 3 fully saturated rings. The molecule has 0 aliphatic carbocycles. The normalized spacial score (nSPS) is 25.4. The number of rotatable bonds is 7. The van der Waals surface area contributed by atoms with Gasteiger partial charge < -0.3 is 19.9 Å². The summed E-state index contributed by atoms with van der Waals surface area (Å²) >= 11 is 0. The molecule has 1 aromatic heterocycles. The summed E-state index contributed by atoms with van der Waals surface area (Å²) in [5.74, 6) is 0.110. The highest BCUT2D eigenvalue weighted by atomic mass is 16.5. The lowest BCUT2D eigenvalue weighted by molar-refractivity contribution is -0.145. The van der Waals surface area contributed by atoms with Crippen LogP contribution in [0.4, 0.5) is 0 Å². The van der Waals surface area contributed by atoms with Gasteiger partial charge in [-0.1, -0.05) is 12.1 Å². The summed E-state index contributed by atoms with van der Waals surface area (Å²) in [6.07, 6.45) is 6.37. The molecule has 3 aliphatic rings. The van der Waals surface area contributed by atoms with Crippen molar-refractivity contribution in [3.63, 3.8) is 0 Å². The number of carbonyl (C=O) groups excluding carboxylic acids is 2. The number of nitrogens with one attached hydrogen (secondary N) is 1. The molecule has 0 bridgehead atoms. The number of fused-ring (bicyclic) bond motifs is 1. The van der Waals surface area contributed by atoms with Crippen molar-refractivity contribution >= 4 is 28.6 Å². The average Bonchev–Trinajstić information content (AvgIpc) is 3.61. The van der Waals surface area contributed by atoms with Gasteiger partial charge in [0.1, 0.15) is 11.9 Å². The number of hydrogen-bond donors (Lipinski definition) is 2. The fourth-order valence-electron chi connectivity index (χ4n) is 6.21. The van der Waals surface area contributed by atoms with E-state index >= 15 is 0 Å². The Labute approximate surface area is 200 Å². The zero-order chi connectivity index (χ0) is 23.8. The molecule has 182 valence electrons. The highest BCUT2D eigenvalue weighted by molar-refractivity contribution is 5.98. The standard InChI is InChI=1S/C26H35N5O3/c1-2-29-20(15-17-7-8-18(24(27)28)16-23(17)29)10-9-19-5-3-12-30(19)25(32)21-6-4-13-31(21)22-11-14-34-26(22)33/h7-8,15-16,19,21-22H,2-6,9-14H2,1H3,(H3,27,28)/t19?,21-,22+/m0/s1. The van der Waals surface area contributed by atoms with Crippen LogP contribution in [0.1, 0.15) is 56.7 Å². The van der Waals surface area contributed by atoms with Gasteiger partial charge in [-0.25, -0.2) is 0 Å². The molecule has 0 radical (unpaired) electrons. The second-order valence-electron chi connectivity index (χ2n) is 9.80. The quantitative estimate of drug-likeness (QED) is 0.372. The molecule has 2 aromatic rings. The van der Waals surface area contributed by atoms with Gasteiger partial charge in [0.25, 0.3) is 0 Å². The Kier molecular flexibility index (Phi) is 6.34. The number of esters is 1. The Morgan fingerprint density at radius 1 is 1.18 bits per heavy atom. The average molecular weight is 466 g/mol. The number of nitrogens with zero attached hydrogens (tertiary/aromatic N) is 3. The van der Waals surface area contributed by atoms with Crippen molar-refractivity contribution < 1.29 is 14.3 Å². The Balaban J connectivity index is 1.29. The highest BCUT2D eigenvalue weighted by Crippen LogP contribution is 2.31. The summed E-state index contributed by atoms with van der Waals surface area (Å²) in [5, 5.41) is 8.91. The van der Waals surface area contributed by atoms with E-state index < -0.39 is 0 Å². The Morgan fingerprint density at radius 2 is 2.00 bits per heavy atom. The number of likely N-dealkylation sites (tertiary alicyclic amines) is 2. The van der Waals surface area contributed by atoms with E-state index in [1.54, 1.807) is 0 Å². The van der Waals surface area contributed by atoms with E-state index in [0.717, 1.165) is 74.6 Å². The summed E-state index contributed by atoms with van der Waals surface area (Å²) in [6.45, 7) is 5.06. The largest absolute Gasteiger partial charge is 0.464 e. The minimum atomic E-state index is -0.252. The number of carbonyl (C=O) groups is 2. The third kappa shape index (κ3) is 4.08. The topological polar surface area (TPSA) is 105 Å². The van der Waals surface area contributed by atoms with Gasteiger partial charge in [0.2, 0.25) is 5.91 Å². The minimum absolute atomic E-state index is 0.0826. The lowest BCUT2D eigenvalue weighted by Gasteiger charge is -2.33. The van der Waals surface area contributed by atoms with E-state index in [1.807, 2.05) is 18.2 Å². The Hall–Kier alpha value is -2.87. The molecule has 4 heterocycles. The van der Waals surface area contributed by atoms with Crippen LogP contribution >= 0.6 is 0 Å². The van der Waals surface area contributed by atoms with Gasteiger partial charge in [-0.15, -0.1) is 0 Å². The van der Waals surface area contributed by atoms with Crippen LogP contribution in [-0.2, 0) is 27.3 Å². The molecule has 34 heavy (non-hydrogen) atoms. The lowest BCUT2D eigenvalue weighted by atomic mass is 10.1. The molecule has 1 aromatic carbocycles. The molecule has 3 N–H and O–H groups in total. The number of benzene rings is 1. The monoisotopic (exact) mass is 465 g/mol. The van der Waals surface area contributed by atoms with Crippen LogP contribution in [0.5, 0.6) is 0 Å². The molecule has 3 saturated heterocycles. The van der Waals surface area contributed by atoms with E-state index in [0.29, 0.717) is 13.0 Å². The van der Waals surface area contributed by atoms with Gasteiger partial charge in [-0.3, -0.25) is 19.9 Å². The molecule has 3 aliphatic heterocycles. The number of aromatic nitrogens is 1. The number of aryl methyl sites for hydroxylation is 2. The van der Waals surface area contributed by atoms with E-state index in [-0.39, 0.29) is 35.8 Å². The second kappa shape index (κ2) is 9.41. The summed E-state index contributed by atoms with van der Waals surface area (Å²) in [5.41, 5.74) is 8.81. The molecule has 1 unspecified atom stereocenters. The molecule has 0 spiro atoms. The van der Waals surface area contributed by atoms with Crippen LogP contribution in [0.2, 0.25) is 0 Å². The number of amides is 1. The smallest absolute Gasteiger partial charge is 0.323 e. The number of amidine groups is 1. The molecule has 1 amide bonds. The van der Waals surface area contributed by atoms with Crippen molar-refractivity contribution in [1.29, 1.82) is 5.41 Å². The van der Waals surface area contributed by atoms with Crippen LogP contribution in [0.25, 0.3) is 10.9 Å². The van der Waals surface area contributed by atoms with E-state index in [2.05, 4.69) is 27.4 Å². The van der Waals surface area contributed by atoms with E-state index in [4.69, 9.17) is 15.9 Å². The fourth-order valence-corrected chi connectivity index (χ4v) is 6.21. The lowest BCUT2D eigenvalue weighted by Crippen LogP contribution is -2.51. The van der Waals surface area contributed by atoms with E-state index in [9.17, 15) is 9.59 Å². The van der Waals surface area contributed by atoms with Gasteiger partial charge in [-0.2, -0.15) is 0 Å². The van der Waals surface area contributed by atoms with Crippen LogP contribution in [0, 0.1) is 5.41 Å². The van der Waals surface area contributed by atoms with Crippen molar-refractivity contribution in [2.45, 2.75) is 76.5 Å². The van der Waals surface area contributed by atoms with Crippen molar-refractivity contribution in [3.05, 3.63) is 35.5 Å². The van der Waals surface area contributed by atoms with Gasteiger partial charge >= 0.3 is 5.97 Å². The molecule has 3 atom stereocenters.